The smallest absolute Gasteiger partial charge is 0.316 e. The molecule has 5 N–H and O–H groups in total. The Kier molecular flexibility index (Phi) is 6.93. The number of urea groups is 1. The minimum atomic E-state index is -0.833. The number of nitrogens with one attached hydrogen (secondary N) is 2. The van der Waals surface area contributed by atoms with Crippen molar-refractivity contribution in [2.75, 3.05) is 5.32 Å². The van der Waals surface area contributed by atoms with Crippen LogP contribution in [0, 0.1) is 0 Å². The highest BCUT2D eigenvalue weighted by molar-refractivity contribution is 5.96. The van der Waals surface area contributed by atoms with E-state index in [1.807, 2.05) is 25.1 Å². The predicted molar refractivity (Wildman–Crippen MR) is 103 cm³/mol. The minimum absolute atomic E-state index is 0.0719. The van der Waals surface area contributed by atoms with E-state index in [4.69, 9.17) is 10.8 Å². The van der Waals surface area contributed by atoms with Gasteiger partial charge in [-0.25, -0.2) is 4.79 Å². The minimum Gasteiger partial charge on any atom is -0.481 e. The summed E-state index contributed by atoms with van der Waals surface area (Å²) in [6.45, 7) is 2.33. The zero-order valence-electron chi connectivity index (χ0n) is 15.1. The lowest BCUT2D eigenvalue weighted by Crippen LogP contribution is -2.24. The Balaban J connectivity index is 2.09. The first-order valence-electron chi connectivity index (χ1n) is 8.66. The molecule has 3 amide bonds. The summed E-state index contributed by atoms with van der Waals surface area (Å²) in [5.74, 6) is -1.11. The number of carbonyl (C=O) groups is 3. The van der Waals surface area contributed by atoms with Gasteiger partial charge >= 0.3 is 12.0 Å². The van der Waals surface area contributed by atoms with Gasteiger partial charge in [0.1, 0.15) is 0 Å². The molecule has 7 nitrogen and oxygen atoms in total. The molecule has 0 saturated heterocycles. The van der Waals surface area contributed by atoms with Crippen molar-refractivity contribution in [3.05, 3.63) is 64.7 Å². The second-order valence-corrected chi connectivity index (χ2v) is 6.05. The van der Waals surface area contributed by atoms with Gasteiger partial charge in [0.25, 0.3) is 5.91 Å². The molecule has 0 atom stereocenters. The number of aryl methyl sites for hydroxylation is 1. The molecule has 2 aromatic rings. The number of carboxylic acids is 1. The largest absolute Gasteiger partial charge is 0.481 e. The molecule has 0 aliphatic carbocycles. The molecule has 0 saturated carbocycles. The SMILES string of the molecule is CCc1c(CCC(=O)O)cccc1CNC(=O)c1cccc(NC(N)=O)c1. The van der Waals surface area contributed by atoms with E-state index < -0.39 is 12.0 Å². The van der Waals surface area contributed by atoms with E-state index in [1.165, 1.54) is 0 Å². The Morgan fingerprint density at radius 3 is 2.44 bits per heavy atom. The average Bonchev–Trinajstić information content (AvgIpc) is 2.63. The number of rotatable bonds is 8. The van der Waals surface area contributed by atoms with Crippen LogP contribution < -0.4 is 16.4 Å². The molecule has 2 aromatic carbocycles. The summed E-state index contributed by atoms with van der Waals surface area (Å²) in [6.07, 6.45) is 1.28. The summed E-state index contributed by atoms with van der Waals surface area (Å²) in [5.41, 5.74) is 8.94. The number of aliphatic carboxylic acids is 1. The lowest BCUT2D eigenvalue weighted by Gasteiger charge is -2.14. The number of hydrogen-bond donors (Lipinski definition) is 4. The molecule has 0 radical (unpaired) electrons. The molecule has 0 unspecified atom stereocenters. The van der Waals surface area contributed by atoms with Crippen LogP contribution in [0.15, 0.2) is 42.5 Å². The van der Waals surface area contributed by atoms with Gasteiger partial charge in [0, 0.05) is 24.2 Å². The van der Waals surface area contributed by atoms with Crippen LogP contribution in [0.25, 0.3) is 0 Å². The van der Waals surface area contributed by atoms with Crippen molar-refractivity contribution in [1.82, 2.24) is 5.32 Å². The molecule has 0 heterocycles. The molecule has 27 heavy (non-hydrogen) atoms. The third-order valence-corrected chi connectivity index (χ3v) is 4.16. The van der Waals surface area contributed by atoms with Gasteiger partial charge in [0.15, 0.2) is 0 Å². The highest BCUT2D eigenvalue weighted by Gasteiger charge is 2.11. The number of hydrogen-bond acceptors (Lipinski definition) is 3. The second kappa shape index (κ2) is 9.38. The zero-order valence-corrected chi connectivity index (χ0v) is 15.1. The van der Waals surface area contributed by atoms with Crippen LogP contribution in [0.5, 0.6) is 0 Å². The fourth-order valence-electron chi connectivity index (χ4n) is 2.94. The van der Waals surface area contributed by atoms with E-state index >= 15 is 0 Å². The molecule has 0 bridgehead atoms. The van der Waals surface area contributed by atoms with Gasteiger partial charge in [-0.15, -0.1) is 0 Å². The van der Waals surface area contributed by atoms with Crippen LogP contribution in [0.4, 0.5) is 10.5 Å². The normalized spacial score (nSPS) is 10.3. The van der Waals surface area contributed by atoms with E-state index in [1.54, 1.807) is 24.3 Å². The van der Waals surface area contributed by atoms with Gasteiger partial charge in [-0.3, -0.25) is 9.59 Å². The first-order chi connectivity index (χ1) is 12.9. The quantitative estimate of drug-likeness (QED) is 0.571. The van der Waals surface area contributed by atoms with Crippen LogP contribution >= 0.6 is 0 Å². The van der Waals surface area contributed by atoms with E-state index in [9.17, 15) is 14.4 Å². The topological polar surface area (TPSA) is 122 Å². The molecule has 0 aliphatic heterocycles. The lowest BCUT2D eigenvalue weighted by molar-refractivity contribution is -0.136. The van der Waals surface area contributed by atoms with Gasteiger partial charge < -0.3 is 21.5 Å². The fourth-order valence-corrected chi connectivity index (χ4v) is 2.94. The molecule has 0 aromatic heterocycles. The molecule has 2 rings (SSSR count). The van der Waals surface area contributed by atoms with Gasteiger partial charge in [0.05, 0.1) is 0 Å². The summed E-state index contributed by atoms with van der Waals surface area (Å²) in [6, 6.07) is 11.5. The predicted octanol–water partition coefficient (Wildman–Crippen LogP) is 2.69. The van der Waals surface area contributed by atoms with E-state index in [-0.39, 0.29) is 12.3 Å². The summed E-state index contributed by atoms with van der Waals surface area (Å²) in [4.78, 5) is 34.2. The number of anilines is 1. The average molecular weight is 369 g/mol. The van der Waals surface area contributed by atoms with Crippen molar-refractivity contribution < 1.29 is 19.5 Å². The Hall–Kier alpha value is -3.35. The Morgan fingerprint density at radius 1 is 1.07 bits per heavy atom. The van der Waals surface area contributed by atoms with Gasteiger partial charge in [-0.05, 0) is 47.7 Å². The number of carbonyl (C=O) groups excluding carboxylic acids is 2. The van der Waals surface area contributed by atoms with E-state index in [2.05, 4.69) is 10.6 Å². The molecule has 142 valence electrons. The van der Waals surface area contributed by atoms with Gasteiger partial charge in [-0.2, -0.15) is 0 Å². The Bertz CT molecular complexity index is 849. The van der Waals surface area contributed by atoms with Crippen LogP contribution in [-0.2, 0) is 24.2 Å². The highest BCUT2D eigenvalue weighted by atomic mass is 16.4. The number of primary amides is 1. The summed E-state index contributed by atoms with van der Waals surface area (Å²) >= 11 is 0. The lowest BCUT2D eigenvalue weighted by atomic mass is 9.95. The van der Waals surface area contributed by atoms with E-state index in [0.29, 0.717) is 24.2 Å². The van der Waals surface area contributed by atoms with Crippen molar-refractivity contribution in [2.24, 2.45) is 5.73 Å². The van der Waals surface area contributed by atoms with Crippen molar-refractivity contribution in [1.29, 1.82) is 0 Å². The van der Waals surface area contributed by atoms with Crippen LogP contribution in [0.1, 0.15) is 40.4 Å². The maximum atomic E-state index is 12.4. The van der Waals surface area contributed by atoms with Crippen LogP contribution in [0.3, 0.4) is 0 Å². The summed E-state index contributed by atoms with van der Waals surface area (Å²) < 4.78 is 0. The molecule has 7 heteroatoms. The van der Waals surface area contributed by atoms with Crippen molar-refractivity contribution in [3.8, 4) is 0 Å². The molecule has 0 fully saturated rings. The Labute approximate surface area is 157 Å². The molecular weight excluding hydrogens is 346 g/mol. The fraction of sp³-hybridized carbons (Fsp3) is 0.250. The van der Waals surface area contributed by atoms with Gasteiger partial charge in [0.2, 0.25) is 0 Å². The number of nitrogens with two attached hydrogens (primary N) is 1. The van der Waals surface area contributed by atoms with Crippen molar-refractivity contribution >= 4 is 23.6 Å². The number of carboxylic acid groups (broad SMARTS) is 1. The Morgan fingerprint density at radius 2 is 1.78 bits per heavy atom. The number of amides is 3. The van der Waals surface area contributed by atoms with Crippen LogP contribution in [-0.4, -0.2) is 23.0 Å². The first kappa shape index (κ1) is 20.0. The number of benzene rings is 2. The molecular formula is C20H23N3O4. The van der Waals surface area contributed by atoms with Crippen molar-refractivity contribution in [2.45, 2.75) is 32.7 Å². The maximum absolute atomic E-state index is 12.4. The van der Waals surface area contributed by atoms with E-state index in [0.717, 1.165) is 23.1 Å². The standard InChI is InChI=1S/C20H23N3O4/c1-2-17-13(9-10-18(24)25)5-3-7-15(17)12-22-19(26)14-6-4-8-16(11-14)23-20(21)27/h3-8,11H,2,9-10,12H2,1H3,(H,22,26)(H,24,25)(H3,21,23,27). The third kappa shape index (κ3) is 5.85. The first-order valence-corrected chi connectivity index (χ1v) is 8.66. The summed E-state index contributed by atoms with van der Waals surface area (Å²) in [7, 11) is 0. The second-order valence-electron chi connectivity index (χ2n) is 6.05. The van der Waals surface area contributed by atoms with Gasteiger partial charge in [-0.1, -0.05) is 31.2 Å². The monoisotopic (exact) mass is 369 g/mol. The highest BCUT2D eigenvalue weighted by Crippen LogP contribution is 2.18. The van der Waals surface area contributed by atoms with Crippen LogP contribution in [0.2, 0.25) is 0 Å². The van der Waals surface area contributed by atoms with Crippen molar-refractivity contribution in [3.63, 3.8) is 0 Å². The molecule has 0 spiro atoms. The third-order valence-electron chi connectivity index (χ3n) is 4.16. The zero-order chi connectivity index (χ0) is 19.8. The maximum Gasteiger partial charge on any atom is 0.316 e. The summed E-state index contributed by atoms with van der Waals surface area (Å²) in [5, 5.41) is 14.2. The molecule has 0 aliphatic rings.